The first-order valence-corrected chi connectivity index (χ1v) is 6.56. The highest BCUT2D eigenvalue weighted by atomic mass is 16.5. The van der Waals surface area contributed by atoms with Crippen LogP contribution in [0.4, 0.5) is 5.82 Å². The third-order valence-electron chi connectivity index (χ3n) is 3.30. The van der Waals surface area contributed by atoms with E-state index >= 15 is 0 Å². The van der Waals surface area contributed by atoms with Crippen molar-refractivity contribution in [3.63, 3.8) is 0 Å². The molecule has 0 bridgehead atoms. The summed E-state index contributed by atoms with van der Waals surface area (Å²) in [5.74, 6) is 0.740. The Balaban J connectivity index is 1.73. The Bertz CT molecular complexity index is 604. The number of aromatic nitrogens is 3. The number of anilines is 1. The van der Waals surface area contributed by atoms with Gasteiger partial charge in [-0.05, 0) is 18.2 Å². The van der Waals surface area contributed by atoms with E-state index in [-0.39, 0.29) is 6.10 Å². The van der Waals surface area contributed by atoms with Gasteiger partial charge in [-0.1, -0.05) is 0 Å². The van der Waals surface area contributed by atoms with Crippen molar-refractivity contribution < 1.29 is 4.74 Å². The number of ether oxygens (including phenoxy) is 1. The average Bonchev–Trinajstić information content (AvgIpc) is 3.00. The molecule has 0 amide bonds. The van der Waals surface area contributed by atoms with Crippen molar-refractivity contribution in [2.45, 2.75) is 12.6 Å². The van der Waals surface area contributed by atoms with Gasteiger partial charge < -0.3 is 9.64 Å². The lowest BCUT2D eigenvalue weighted by atomic mass is 10.2. The summed E-state index contributed by atoms with van der Waals surface area (Å²) in [5.41, 5.74) is 0.604. The van der Waals surface area contributed by atoms with E-state index in [9.17, 15) is 0 Å². The van der Waals surface area contributed by atoms with E-state index < -0.39 is 0 Å². The topological polar surface area (TPSA) is 67.0 Å². The quantitative estimate of drug-likeness (QED) is 0.833. The van der Waals surface area contributed by atoms with Crippen LogP contribution in [0.1, 0.15) is 5.56 Å². The molecule has 2 aromatic heterocycles. The smallest absolute Gasteiger partial charge is 0.146 e. The van der Waals surface area contributed by atoms with Crippen molar-refractivity contribution in [3.05, 3.63) is 42.4 Å². The molecular formula is C14H15N5O. The highest BCUT2D eigenvalue weighted by Crippen LogP contribution is 2.19. The lowest BCUT2D eigenvalue weighted by Gasteiger charge is -2.34. The van der Waals surface area contributed by atoms with Crippen LogP contribution in [0.15, 0.2) is 36.8 Å². The molecule has 1 saturated heterocycles. The molecule has 1 fully saturated rings. The fraction of sp³-hybridized carbons (Fsp3) is 0.357. The minimum absolute atomic E-state index is 0.0530. The zero-order valence-corrected chi connectivity index (χ0v) is 11.0. The van der Waals surface area contributed by atoms with Gasteiger partial charge in [0, 0.05) is 31.7 Å². The maximum absolute atomic E-state index is 9.16. The molecule has 6 heteroatoms. The van der Waals surface area contributed by atoms with Crippen molar-refractivity contribution in [2.24, 2.45) is 0 Å². The Kier molecular flexibility index (Phi) is 3.61. The molecule has 6 nitrogen and oxygen atoms in total. The number of rotatable bonds is 3. The van der Waals surface area contributed by atoms with Crippen molar-refractivity contribution in [3.8, 4) is 6.07 Å². The summed E-state index contributed by atoms with van der Waals surface area (Å²) < 4.78 is 7.62. The van der Waals surface area contributed by atoms with E-state index in [0.717, 1.165) is 12.4 Å². The molecule has 20 heavy (non-hydrogen) atoms. The Morgan fingerprint density at radius 3 is 3.15 bits per heavy atom. The number of nitrogens with zero attached hydrogens (tertiary/aromatic N) is 5. The molecule has 0 unspecified atom stereocenters. The van der Waals surface area contributed by atoms with Gasteiger partial charge in [0.1, 0.15) is 11.9 Å². The molecule has 0 aromatic carbocycles. The minimum Gasteiger partial charge on any atom is -0.373 e. The number of hydrogen-bond donors (Lipinski definition) is 0. The largest absolute Gasteiger partial charge is 0.373 e. The Hall–Kier alpha value is -2.39. The van der Waals surface area contributed by atoms with Crippen LogP contribution in [-0.4, -0.2) is 40.6 Å². The summed E-state index contributed by atoms with van der Waals surface area (Å²) >= 11 is 0. The fourth-order valence-electron chi connectivity index (χ4n) is 2.38. The molecule has 102 valence electrons. The first kappa shape index (κ1) is 12.6. The SMILES string of the molecule is N#Cc1cccnc1N1CCO[C@H](Cn2cccn2)C1. The van der Waals surface area contributed by atoms with Gasteiger partial charge in [0.15, 0.2) is 0 Å². The summed E-state index contributed by atoms with van der Waals surface area (Å²) in [6, 6.07) is 7.66. The van der Waals surface area contributed by atoms with Crippen LogP contribution < -0.4 is 4.90 Å². The molecular weight excluding hydrogens is 254 g/mol. The lowest BCUT2D eigenvalue weighted by molar-refractivity contribution is 0.0272. The van der Waals surface area contributed by atoms with Crippen LogP contribution in [0.5, 0.6) is 0 Å². The molecule has 3 rings (SSSR count). The van der Waals surface area contributed by atoms with Crippen LogP contribution in [0.25, 0.3) is 0 Å². The van der Waals surface area contributed by atoms with Crippen molar-refractivity contribution in [2.75, 3.05) is 24.6 Å². The van der Waals surface area contributed by atoms with Crippen LogP contribution in [0.3, 0.4) is 0 Å². The molecule has 0 spiro atoms. The highest BCUT2D eigenvalue weighted by Gasteiger charge is 2.23. The van der Waals surface area contributed by atoms with Crippen LogP contribution >= 0.6 is 0 Å². The van der Waals surface area contributed by atoms with E-state index in [1.807, 2.05) is 16.9 Å². The maximum Gasteiger partial charge on any atom is 0.146 e. The van der Waals surface area contributed by atoms with Crippen molar-refractivity contribution in [1.82, 2.24) is 14.8 Å². The third kappa shape index (κ3) is 2.63. The second-order valence-electron chi connectivity index (χ2n) is 4.65. The molecule has 0 radical (unpaired) electrons. The van der Waals surface area contributed by atoms with Crippen LogP contribution in [-0.2, 0) is 11.3 Å². The lowest BCUT2D eigenvalue weighted by Crippen LogP contribution is -2.45. The summed E-state index contributed by atoms with van der Waals surface area (Å²) in [4.78, 5) is 6.44. The number of morpholine rings is 1. The van der Waals surface area contributed by atoms with Gasteiger partial charge in [-0.25, -0.2) is 4.98 Å². The molecule has 1 atom stereocenters. The second kappa shape index (κ2) is 5.72. The normalized spacial score (nSPS) is 18.8. The number of nitriles is 1. The van der Waals surface area contributed by atoms with Gasteiger partial charge in [0.25, 0.3) is 0 Å². The highest BCUT2D eigenvalue weighted by molar-refractivity contribution is 5.53. The van der Waals surface area contributed by atoms with Crippen LogP contribution in [0, 0.1) is 11.3 Å². The number of pyridine rings is 1. The van der Waals surface area contributed by atoms with Gasteiger partial charge >= 0.3 is 0 Å². The van der Waals surface area contributed by atoms with Gasteiger partial charge in [0.05, 0.1) is 24.8 Å². The molecule has 2 aromatic rings. The zero-order chi connectivity index (χ0) is 13.8. The van der Waals surface area contributed by atoms with Gasteiger partial charge in [-0.2, -0.15) is 10.4 Å². The van der Waals surface area contributed by atoms with E-state index in [4.69, 9.17) is 10.00 Å². The Labute approximate surface area is 117 Å². The molecule has 3 heterocycles. The van der Waals surface area contributed by atoms with Crippen molar-refractivity contribution >= 4 is 5.82 Å². The fourth-order valence-corrected chi connectivity index (χ4v) is 2.38. The average molecular weight is 269 g/mol. The van der Waals surface area contributed by atoms with E-state index in [1.165, 1.54) is 0 Å². The summed E-state index contributed by atoms with van der Waals surface area (Å²) in [5, 5.41) is 13.4. The molecule has 0 N–H and O–H groups in total. The molecule has 0 saturated carbocycles. The minimum atomic E-state index is 0.0530. The van der Waals surface area contributed by atoms with Crippen molar-refractivity contribution in [1.29, 1.82) is 5.26 Å². The molecule has 1 aliphatic rings. The second-order valence-corrected chi connectivity index (χ2v) is 4.65. The van der Waals surface area contributed by atoms with Gasteiger partial charge in [-0.15, -0.1) is 0 Å². The van der Waals surface area contributed by atoms with E-state index in [0.29, 0.717) is 25.3 Å². The summed E-state index contributed by atoms with van der Waals surface area (Å²) in [7, 11) is 0. The Morgan fingerprint density at radius 1 is 1.40 bits per heavy atom. The molecule has 0 aliphatic carbocycles. The van der Waals surface area contributed by atoms with Gasteiger partial charge in [0.2, 0.25) is 0 Å². The predicted octanol–water partition coefficient (Wildman–Crippen LogP) is 1.06. The van der Waals surface area contributed by atoms with E-state index in [2.05, 4.69) is 21.1 Å². The van der Waals surface area contributed by atoms with Crippen LogP contribution in [0.2, 0.25) is 0 Å². The number of hydrogen-bond acceptors (Lipinski definition) is 5. The van der Waals surface area contributed by atoms with E-state index in [1.54, 1.807) is 24.5 Å². The van der Waals surface area contributed by atoms with Gasteiger partial charge in [-0.3, -0.25) is 4.68 Å². The standard InChI is InChI=1S/C14H15N5O/c15-9-12-3-1-4-16-14(12)18-7-8-20-13(10-18)11-19-6-2-5-17-19/h1-6,13H,7-8,10-11H2/t13-/m0/s1. The Morgan fingerprint density at radius 2 is 2.35 bits per heavy atom. The monoisotopic (exact) mass is 269 g/mol. The maximum atomic E-state index is 9.16. The zero-order valence-electron chi connectivity index (χ0n) is 11.0. The first-order chi connectivity index (χ1) is 9.86. The third-order valence-corrected chi connectivity index (χ3v) is 3.30. The first-order valence-electron chi connectivity index (χ1n) is 6.56. The summed E-state index contributed by atoms with van der Waals surface area (Å²) in [6.07, 6.45) is 5.45. The molecule has 1 aliphatic heterocycles. The predicted molar refractivity (Wildman–Crippen MR) is 73.1 cm³/mol. The summed E-state index contributed by atoms with van der Waals surface area (Å²) in [6.45, 7) is 2.80.